The number of nitrogens with one attached hydrogen (secondary N) is 1. The number of anilines is 1. The topological polar surface area (TPSA) is 37.8 Å². The molecule has 0 unspecified atom stereocenters. The molecule has 2 aromatic rings. The van der Waals surface area contributed by atoms with Crippen molar-refractivity contribution < 1.29 is 0 Å². The average molecular weight is 268 g/mol. The third kappa shape index (κ3) is 2.76. The summed E-state index contributed by atoms with van der Waals surface area (Å²) in [5.41, 5.74) is 3.06. The lowest BCUT2D eigenvalue weighted by Gasteiger charge is -2.08. The van der Waals surface area contributed by atoms with Crippen LogP contribution in [0.1, 0.15) is 21.8 Å². The molecule has 0 atom stereocenters. The molecule has 5 heteroatoms. The first kappa shape index (κ1) is 12.3. The van der Waals surface area contributed by atoms with Crippen LogP contribution in [0.3, 0.4) is 0 Å². The molecule has 0 spiro atoms. The Morgan fingerprint density at radius 3 is 2.59 bits per heavy atom. The standard InChI is InChI=1S/C12H14ClN3S/c1-7-4-5-17-10(7)6-14-12-11(13)15-8(2)9(3)16-12/h4-5H,6H2,1-3H3,(H,14,16). The summed E-state index contributed by atoms with van der Waals surface area (Å²) in [5, 5.41) is 5.75. The molecule has 0 radical (unpaired) electrons. The van der Waals surface area contributed by atoms with Gasteiger partial charge in [-0.05, 0) is 37.8 Å². The summed E-state index contributed by atoms with van der Waals surface area (Å²) in [6.45, 7) is 6.67. The van der Waals surface area contributed by atoms with Crippen LogP contribution in [-0.2, 0) is 6.54 Å². The monoisotopic (exact) mass is 267 g/mol. The molecule has 2 aromatic heterocycles. The van der Waals surface area contributed by atoms with Crippen molar-refractivity contribution in [1.82, 2.24) is 9.97 Å². The van der Waals surface area contributed by atoms with Crippen LogP contribution >= 0.6 is 22.9 Å². The molecule has 0 aliphatic heterocycles. The molecule has 0 aliphatic rings. The predicted octanol–water partition coefficient (Wildman–Crippen LogP) is 3.73. The fourth-order valence-corrected chi connectivity index (χ4v) is 2.52. The van der Waals surface area contributed by atoms with Crippen molar-refractivity contribution in [2.75, 3.05) is 5.32 Å². The number of aryl methyl sites for hydroxylation is 3. The highest BCUT2D eigenvalue weighted by atomic mass is 35.5. The first-order chi connectivity index (χ1) is 8.08. The van der Waals surface area contributed by atoms with Gasteiger partial charge in [0, 0.05) is 4.88 Å². The van der Waals surface area contributed by atoms with E-state index in [-0.39, 0.29) is 0 Å². The fourth-order valence-electron chi connectivity index (χ4n) is 1.44. The highest BCUT2D eigenvalue weighted by Gasteiger charge is 2.07. The molecule has 1 N–H and O–H groups in total. The first-order valence-electron chi connectivity index (χ1n) is 5.35. The summed E-state index contributed by atoms with van der Waals surface area (Å²) in [4.78, 5) is 9.93. The van der Waals surface area contributed by atoms with Crippen molar-refractivity contribution in [1.29, 1.82) is 0 Å². The second kappa shape index (κ2) is 5.02. The van der Waals surface area contributed by atoms with Gasteiger partial charge >= 0.3 is 0 Å². The number of hydrogen-bond acceptors (Lipinski definition) is 4. The highest BCUT2D eigenvalue weighted by molar-refractivity contribution is 7.10. The van der Waals surface area contributed by atoms with E-state index in [2.05, 4.69) is 33.7 Å². The van der Waals surface area contributed by atoms with Crippen LogP contribution in [0.5, 0.6) is 0 Å². The molecule has 0 bridgehead atoms. The second-order valence-corrected chi connectivity index (χ2v) is 5.27. The molecule has 17 heavy (non-hydrogen) atoms. The van der Waals surface area contributed by atoms with Gasteiger partial charge in [-0.1, -0.05) is 11.6 Å². The molecule has 3 nitrogen and oxygen atoms in total. The summed E-state index contributed by atoms with van der Waals surface area (Å²) in [5.74, 6) is 0.655. The third-order valence-corrected chi connectivity index (χ3v) is 3.94. The zero-order valence-electron chi connectivity index (χ0n) is 10.0. The maximum atomic E-state index is 6.05. The van der Waals surface area contributed by atoms with Crippen LogP contribution in [0.25, 0.3) is 0 Å². The van der Waals surface area contributed by atoms with Gasteiger partial charge in [0.2, 0.25) is 0 Å². The molecular formula is C12H14ClN3S. The summed E-state index contributed by atoms with van der Waals surface area (Å²) < 4.78 is 0. The lowest BCUT2D eigenvalue weighted by atomic mass is 10.3. The summed E-state index contributed by atoms with van der Waals surface area (Å²) >= 11 is 7.78. The van der Waals surface area contributed by atoms with Crippen LogP contribution in [0.15, 0.2) is 11.4 Å². The minimum Gasteiger partial charge on any atom is -0.363 e. The van der Waals surface area contributed by atoms with E-state index in [9.17, 15) is 0 Å². The molecule has 0 saturated heterocycles. The summed E-state index contributed by atoms with van der Waals surface area (Å²) in [6.07, 6.45) is 0. The van der Waals surface area contributed by atoms with E-state index >= 15 is 0 Å². The molecule has 2 heterocycles. The van der Waals surface area contributed by atoms with Gasteiger partial charge in [-0.15, -0.1) is 11.3 Å². The predicted molar refractivity (Wildman–Crippen MR) is 72.9 cm³/mol. The quantitative estimate of drug-likeness (QED) is 0.921. The van der Waals surface area contributed by atoms with Crippen LogP contribution in [0, 0.1) is 20.8 Å². The van der Waals surface area contributed by atoms with Crippen molar-refractivity contribution in [3.05, 3.63) is 38.4 Å². The molecule has 0 fully saturated rings. The maximum absolute atomic E-state index is 6.05. The van der Waals surface area contributed by atoms with Gasteiger partial charge in [-0.25, -0.2) is 9.97 Å². The summed E-state index contributed by atoms with van der Waals surface area (Å²) in [6, 6.07) is 2.11. The van der Waals surface area contributed by atoms with Crippen molar-refractivity contribution >= 4 is 28.8 Å². The Hall–Kier alpha value is -1.13. The number of aromatic nitrogens is 2. The van der Waals surface area contributed by atoms with E-state index in [0.29, 0.717) is 11.0 Å². The average Bonchev–Trinajstić information content (AvgIpc) is 2.68. The number of nitrogens with zero attached hydrogens (tertiary/aromatic N) is 2. The molecule has 2 rings (SSSR count). The summed E-state index contributed by atoms with van der Waals surface area (Å²) in [7, 11) is 0. The number of halogens is 1. The molecule has 0 amide bonds. The molecular weight excluding hydrogens is 254 g/mol. The molecule has 0 saturated carbocycles. The van der Waals surface area contributed by atoms with Crippen molar-refractivity contribution in [2.45, 2.75) is 27.3 Å². The van der Waals surface area contributed by atoms with E-state index in [0.717, 1.165) is 17.9 Å². The first-order valence-corrected chi connectivity index (χ1v) is 6.61. The Kier molecular flexibility index (Phi) is 3.64. The Morgan fingerprint density at radius 1 is 1.24 bits per heavy atom. The number of hydrogen-bond donors (Lipinski definition) is 1. The minimum atomic E-state index is 0.433. The van der Waals surface area contributed by atoms with Gasteiger partial charge < -0.3 is 5.32 Å². The zero-order valence-corrected chi connectivity index (χ0v) is 11.6. The van der Waals surface area contributed by atoms with E-state index < -0.39 is 0 Å². The van der Waals surface area contributed by atoms with Gasteiger partial charge in [-0.2, -0.15) is 0 Å². The van der Waals surface area contributed by atoms with E-state index in [1.807, 2.05) is 13.8 Å². The minimum absolute atomic E-state index is 0.433. The van der Waals surface area contributed by atoms with Gasteiger partial charge in [0.05, 0.1) is 17.9 Å². The van der Waals surface area contributed by atoms with Crippen LogP contribution in [0.2, 0.25) is 5.15 Å². The van der Waals surface area contributed by atoms with Crippen LogP contribution < -0.4 is 5.32 Å². The highest BCUT2D eigenvalue weighted by Crippen LogP contribution is 2.21. The fraction of sp³-hybridized carbons (Fsp3) is 0.333. The van der Waals surface area contributed by atoms with Crippen molar-refractivity contribution in [3.63, 3.8) is 0 Å². The Morgan fingerprint density at radius 2 is 1.94 bits per heavy atom. The van der Waals surface area contributed by atoms with Crippen LogP contribution in [-0.4, -0.2) is 9.97 Å². The zero-order chi connectivity index (χ0) is 12.4. The van der Waals surface area contributed by atoms with Gasteiger partial charge in [0.1, 0.15) is 0 Å². The SMILES string of the molecule is Cc1ccsc1CNc1nc(C)c(C)nc1Cl. The maximum Gasteiger partial charge on any atom is 0.171 e. The van der Waals surface area contributed by atoms with Crippen molar-refractivity contribution in [3.8, 4) is 0 Å². The third-order valence-electron chi connectivity index (χ3n) is 2.65. The number of thiophene rings is 1. The van der Waals surface area contributed by atoms with Gasteiger partial charge in [0.15, 0.2) is 11.0 Å². The second-order valence-electron chi connectivity index (χ2n) is 3.91. The molecule has 0 aromatic carbocycles. The lowest BCUT2D eigenvalue weighted by molar-refractivity contribution is 1.02. The van der Waals surface area contributed by atoms with Crippen molar-refractivity contribution in [2.24, 2.45) is 0 Å². The molecule has 90 valence electrons. The van der Waals surface area contributed by atoms with E-state index in [1.165, 1.54) is 10.4 Å². The molecule has 0 aliphatic carbocycles. The largest absolute Gasteiger partial charge is 0.363 e. The number of rotatable bonds is 3. The van der Waals surface area contributed by atoms with Gasteiger partial charge in [-0.3, -0.25) is 0 Å². The van der Waals surface area contributed by atoms with Gasteiger partial charge in [0.25, 0.3) is 0 Å². The van der Waals surface area contributed by atoms with Crippen LogP contribution in [0.4, 0.5) is 5.82 Å². The lowest BCUT2D eigenvalue weighted by Crippen LogP contribution is -2.05. The Labute approximate surface area is 110 Å². The smallest absolute Gasteiger partial charge is 0.171 e. The van der Waals surface area contributed by atoms with E-state index in [4.69, 9.17) is 11.6 Å². The Bertz CT molecular complexity index is 537. The van der Waals surface area contributed by atoms with E-state index in [1.54, 1.807) is 11.3 Å². The normalized spacial score (nSPS) is 10.6. The Balaban J connectivity index is 2.14.